The molecule has 12 aromatic rings. The Morgan fingerprint density at radius 2 is 0.905 bits per heavy atom. The van der Waals surface area contributed by atoms with Crippen LogP contribution >= 0.6 is 11.3 Å². The van der Waals surface area contributed by atoms with Crippen molar-refractivity contribution >= 4 is 155 Å². The highest BCUT2D eigenvalue weighted by Gasteiger charge is 2.27. The summed E-state index contributed by atoms with van der Waals surface area (Å²) in [5, 5.41) is 5.22. The molecule has 0 aliphatic heterocycles. The summed E-state index contributed by atoms with van der Waals surface area (Å²) in [7, 11) is 41.3. The minimum Gasteiger partial charge on any atom is -0.308 e. The molecule has 0 fully saturated rings. The Hall–Kier alpha value is -7.02. The van der Waals surface area contributed by atoms with Crippen molar-refractivity contribution in [1.82, 2.24) is 24.1 Å². The van der Waals surface area contributed by atoms with Gasteiger partial charge in [0.1, 0.15) is 47.1 Å². The molecule has 278 valence electrons. The molecule has 8 aromatic carbocycles. The van der Waals surface area contributed by atoms with Crippen LogP contribution in [-0.2, 0) is 0 Å². The van der Waals surface area contributed by atoms with E-state index in [-0.39, 0.29) is 0 Å². The maximum Gasteiger partial charge on any atom is 0.164 e. The maximum absolute atomic E-state index is 7.19. The van der Waals surface area contributed by atoms with E-state index in [4.69, 9.17) is 62.0 Å². The number of benzene rings is 8. The van der Waals surface area contributed by atoms with Crippen LogP contribution in [0.25, 0.3) is 109 Å². The van der Waals surface area contributed by atoms with Crippen LogP contribution in [0.15, 0.2) is 152 Å². The molecule has 0 saturated heterocycles. The number of hydrogen-bond acceptors (Lipinski definition) is 4. The SMILES string of the molecule is [B]c1cc([B])c2c(c1)c1c([B])c([B])c3c4cc([B])cc([B])c4n(-c4cccc5c4sc4cc(-c6nc(-c7ccccc7)nc(-c7ccccc7)n6)ccc45)c3c1n2-c1ccccc1. The predicted octanol–water partition coefficient (Wildman–Crippen LogP) is 6.20. The third-order valence-electron chi connectivity index (χ3n) is 12.0. The first-order valence-electron chi connectivity index (χ1n) is 20.3. The van der Waals surface area contributed by atoms with Crippen molar-refractivity contribution in [3.63, 3.8) is 0 Å². The number of para-hydroxylation sites is 1. The quantitative estimate of drug-likeness (QED) is 0.195. The molecule has 5 nitrogen and oxygen atoms in total. The molecule has 0 spiro atoms. The fourth-order valence-corrected chi connectivity index (χ4v) is 10.6. The van der Waals surface area contributed by atoms with E-state index in [1.165, 1.54) is 0 Å². The highest BCUT2D eigenvalue weighted by Crippen LogP contribution is 2.44. The lowest BCUT2D eigenvalue weighted by Crippen LogP contribution is -2.27. The zero-order valence-electron chi connectivity index (χ0n) is 33.5. The fraction of sp³-hybridized carbons (Fsp3) is 0. The average Bonchev–Trinajstić information content (AvgIpc) is 3.97. The van der Waals surface area contributed by atoms with Crippen LogP contribution in [-0.4, -0.2) is 71.2 Å². The molecule has 0 unspecified atom stereocenters. The van der Waals surface area contributed by atoms with Gasteiger partial charge in [-0.05, 0) is 24.3 Å². The highest BCUT2D eigenvalue weighted by molar-refractivity contribution is 7.26. The molecule has 0 atom stereocenters. The summed E-state index contributed by atoms with van der Waals surface area (Å²) < 4.78 is 6.48. The molecule has 0 amide bonds. The first-order valence-corrected chi connectivity index (χ1v) is 21.2. The number of thiophene rings is 1. The molecule has 12 radical (unpaired) electrons. The molecule has 0 aliphatic carbocycles. The standard InChI is InChI=1S/C51H25B6N5S/c52-29-22-34-40-42(56)43(57)41-35-23-30(53)25-37(55)45(35)62(47(41)46(40)61(44(34)36(54)24-29)31-15-8-3-9-16-31)38-18-10-17-33-32-20-19-28(21-39(32)63-48(33)38)51-59-49(26-11-4-1-5-12-26)58-50(60-51)27-13-6-2-7-14-27/h1-25H. The van der Waals surface area contributed by atoms with E-state index >= 15 is 0 Å². The van der Waals surface area contributed by atoms with E-state index in [9.17, 15) is 0 Å². The zero-order valence-corrected chi connectivity index (χ0v) is 34.4. The minimum atomic E-state index is 0.412. The monoisotopic (exact) mass is 805 g/mol. The number of aromatic nitrogens is 5. The molecule has 63 heavy (non-hydrogen) atoms. The van der Waals surface area contributed by atoms with Gasteiger partial charge in [0, 0.05) is 70.4 Å². The summed E-state index contributed by atoms with van der Waals surface area (Å²) in [6.07, 6.45) is 0. The van der Waals surface area contributed by atoms with Crippen LogP contribution < -0.4 is 32.8 Å². The van der Waals surface area contributed by atoms with Gasteiger partial charge >= 0.3 is 0 Å². The van der Waals surface area contributed by atoms with E-state index in [2.05, 4.69) is 57.7 Å². The molecule has 0 saturated carbocycles. The van der Waals surface area contributed by atoms with Crippen molar-refractivity contribution in [3.05, 3.63) is 152 Å². The highest BCUT2D eigenvalue weighted by atomic mass is 32.1. The Kier molecular flexibility index (Phi) is 8.54. The summed E-state index contributed by atoms with van der Waals surface area (Å²) in [6.45, 7) is 0. The first-order chi connectivity index (χ1) is 30.7. The smallest absolute Gasteiger partial charge is 0.164 e. The summed E-state index contributed by atoms with van der Waals surface area (Å²) >= 11 is 1.69. The number of nitrogens with zero attached hydrogens (tertiary/aromatic N) is 5. The lowest BCUT2D eigenvalue weighted by molar-refractivity contribution is 1.07. The Morgan fingerprint density at radius 1 is 0.397 bits per heavy atom. The third-order valence-corrected chi connectivity index (χ3v) is 13.2. The Bertz CT molecular complexity index is 3810. The second-order valence-electron chi connectivity index (χ2n) is 15.8. The second-order valence-corrected chi connectivity index (χ2v) is 16.9. The van der Waals surface area contributed by atoms with Gasteiger partial charge in [0.2, 0.25) is 0 Å². The zero-order chi connectivity index (χ0) is 42.7. The van der Waals surface area contributed by atoms with Crippen molar-refractivity contribution in [2.45, 2.75) is 0 Å². The van der Waals surface area contributed by atoms with Gasteiger partial charge in [-0.3, -0.25) is 0 Å². The number of fused-ring (bicyclic) bond motifs is 10. The molecular weight excluding hydrogens is 780 g/mol. The van der Waals surface area contributed by atoms with Gasteiger partial charge in [-0.2, -0.15) is 0 Å². The third kappa shape index (κ3) is 5.74. The van der Waals surface area contributed by atoms with E-state index in [0.29, 0.717) is 50.3 Å². The second kappa shape index (κ2) is 14.3. The fourth-order valence-electron chi connectivity index (χ4n) is 9.32. The largest absolute Gasteiger partial charge is 0.308 e. The molecule has 12 rings (SSSR count). The average molecular weight is 805 g/mol. The van der Waals surface area contributed by atoms with Gasteiger partial charge in [0.25, 0.3) is 0 Å². The lowest BCUT2D eigenvalue weighted by atomic mass is 9.74. The summed E-state index contributed by atoms with van der Waals surface area (Å²) in [5.74, 6) is 1.79. The summed E-state index contributed by atoms with van der Waals surface area (Å²) in [4.78, 5) is 15.0. The molecule has 0 bridgehead atoms. The predicted molar refractivity (Wildman–Crippen MR) is 270 cm³/mol. The Balaban J connectivity index is 1.17. The molecular formula is C51H25B6N5S. The first kappa shape index (κ1) is 37.7. The van der Waals surface area contributed by atoms with E-state index < -0.39 is 0 Å². The van der Waals surface area contributed by atoms with Crippen molar-refractivity contribution in [2.24, 2.45) is 0 Å². The van der Waals surface area contributed by atoms with Crippen molar-refractivity contribution in [3.8, 4) is 45.5 Å². The minimum absolute atomic E-state index is 0.412. The van der Waals surface area contributed by atoms with Crippen LogP contribution in [0.2, 0.25) is 0 Å². The molecule has 12 heteroatoms. The van der Waals surface area contributed by atoms with Crippen molar-refractivity contribution in [2.75, 3.05) is 0 Å². The van der Waals surface area contributed by atoms with E-state index in [0.717, 1.165) is 91.8 Å². The van der Waals surface area contributed by atoms with Gasteiger partial charge in [-0.15, -0.1) is 11.3 Å². The van der Waals surface area contributed by atoms with Gasteiger partial charge in [0.15, 0.2) is 17.5 Å². The Labute approximate surface area is 374 Å². The lowest BCUT2D eigenvalue weighted by Gasteiger charge is -2.16. The van der Waals surface area contributed by atoms with Crippen molar-refractivity contribution in [1.29, 1.82) is 0 Å². The van der Waals surface area contributed by atoms with Gasteiger partial charge < -0.3 is 9.13 Å². The van der Waals surface area contributed by atoms with Crippen molar-refractivity contribution < 1.29 is 0 Å². The van der Waals surface area contributed by atoms with Crippen LogP contribution in [0.1, 0.15) is 0 Å². The summed E-state index contributed by atoms with van der Waals surface area (Å²) in [6, 6.07) is 50.2. The van der Waals surface area contributed by atoms with Crippen LogP contribution in [0, 0.1) is 0 Å². The Morgan fingerprint density at radius 3 is 1.48 bits per heavy atom. The van der Waals surface area contributed by atoms with Crippen LogP contribution in [0.3, 0.4) is 0 Å². The van der Waals surface area contributed by atoms with Gasteiger partial charge in [-0.25, -0.2) is 15.0 Å². The van der Waals surface area contributed by atoms with Crippen LogP contribution in [0.4, 0.5) is 0 Å². The normalized spacial score (nSPS) is 11.9. The molecule has 0 aliphatic rings. The molecule has 4 heterocycles. The number of hydrogen-bond donors (Lipinski definition) is 0. The topological polar surface area (TPSA) is 48.5 Å². The van der Waals surface area contributed by atoms with E-state index in [1.807, 2.05) is 91.0 Å². The number of rotatable bonds is 5. The van der Waals surface area contributed by atoms with Gasteiger partial charge in [0.05, 0.1) is 21.4 Å². The summed E-state index contributed by atoms with van der Waals surface area (Å²) in [5.41, 5.74) is 10.5. The van der Waals surface area contributed by atoms with E-state index in [1.54, 1.807) is 23.5 Å². The molecule has 4 aromatic heterocycles. The molecule has 0 N–H and O–H groups in total. The van der Waals surface area contributed by atoms with Gasteiger partial charge in [-0.1, -0.05) is 160 Å². The van der Waals surface area contributed by atoms with Crippen LogP contribution in [0.5, 0.6) is 0 Å². The maximum atomic E-state index is 7.19.